The molecule has 0 amide bonds. The van der Waals surface area contributed by atoms with E-state index in [0.717, 1.165) is 26.1 Å². The van der Waals surface area contributed by atoms with E-state index in [1.54, 1.807) is 0 Å². The summed E-state index contributed by atoms with van der Waals surface area (Å²) in [6.45, 7) is 1.44. The monoisotopic (exact) mass is 144 g/mol. The Balaban J connectivity index is 2.31. The standard InChI is InChI=1S/C6H12N2O2/c7-6(10-8)5-1-3-9-4-2-5/h5,7H,1-4,8H2. The highest BCUT2D eigenvalue weighted by molar-refractivity contribution is 5.75. The highest BCUT2D eigenvalue weighted by atomic mass is 16.6. The lowest BCUT2D eigenvalue weighted by Gasteiger charge is -2.20. The zero-order chi connectivity index (χ0) is 7.40. The Hall–Kier alpha value is -0.610. The van der Waals surface area contributed by atoms with Gasteiger partial charge in [-0.15, -0.1) is 0 Å². The molecule has 1 aliphatic heterocycles. The molecule has 1 heterocycles. The largest absolute Gasteiger partial charge is 0.396 e. The second-order valence-electron chi connectivity index (χ2n) is 2.37. The summed E-state index contributed by atoms with van der Waals surface area (Å²) in [7, 11) is 0. The van der Waals surface area contributed by atoms with Crippen LogP contribution < -0.4 is 5.90 Å². The summed E-state index contributed by atoms with van der Waals surface area (Å²) < 4.78 is 5.10. The Labute approximate surface area is 59.8 Å². The molecule has 0 atom stereocenters. The summed E-state index contributed by atoms with van der Waals surface area (Å²) in [4.78, 5) is 4.32. The lowest BCUT2D eigenvalue weighted by Crippen LogP contribution is -2.26. The molecule has 1 fully saturated rings. The van der Waals surface area contributed by atoms with E-state index < -0.39 is 0 Å². The van der Waals surface area contributed by atoms with Crippen LogP contribution in [0, 0.1) is 11.3 Å². The van der Waals surface area contributed by atoms with Gasteiger partial charge in [0.1, 0.15) is 0 Å². The highest BCUT2D eigenvalue weighted by Crippen LogP contribution is 2.15. The van der Waals surface area contributed by atoms with Gasteiger partial charge in [0.25, 0.3) is 0 Å². The Kier molecular flexibility index (Phi) is 2.65. The van der Waals surface area contributed by atoms with Gasteiger partial charge in [-0.1, -0.05) is 0 Å². The van der Waals surface area contributed by atoms with Crippen LogP contribution in [0.15, 0.2) is 0 Å². The second kappa shape index (κ2) is 3.53. The van der Waals surface area contributed by atoms with Crippen molar-refractivity contribution in [1.29, 1.82) is 5.41 Å². The van der Waals surface area contributed by atoms with E-state index in [2.05, 4.69) is 4.84 Å². The van der Waals surface area contributed by atoms with Crippen molar-refractivity contribution in [1.82, 2.24) is 0 Å². The first-order valence-electron chi connectivity index (χ1n) is 3.37. The van der Waals surface area contributed by atoms with Crippen molar-refractivity contribution >= 4 is 5.90 Å². The zero-order valence-electron chi connectivity index (χ0n) is 5.80. The molecule has 0 spiro atoms. The van der Waals surface area contributed by atoms with Crippen LogP contribution in [-0.2, 0) is 9.57 Å². The third-order valence-electron chi connectivity index (χ3n) is 1.72. The Morgan fingerprint density at radius 1 is 1.50 bits per heavy atom. The minimum absolute atomic E-state index is 0.179. The van der Waals surface area contributed by atoms with Gasteiger partial charge in [0.15, 0.2) is 0 Å². The molecule has 58 valence electrons. The molecule has 4 heteroatoms. The molecule has 0 bridgehead atoms. The van der Waals surface area contributed by atoms with Crippen LogP contribution in [0.4, 0.5) is 0 Å². The lowest BCUT2D eigenvalue weighted by molar-refractivity contribution is 0.0754. The molecule has 10 heavy (non-hydrogen) atoms. The molecule has 0 aromatic carbocycles. The number of nitrogens with one attached hydrogen (secondary N) is 1. The van der Waals surface area contributed by atoms with Crippen LogP contribution in [0.5, 0.6) is 0 Å². The maximum Gasteiger partial charge on any atom is 0.209 e. The third kappa shape index (κ3) is 1.68. The van der Waals surface area contributed by atoms with E-state index in [1.165, 1.54) is 0 Å². The number of ether oxygens (including phenoxy) is 1. The van der Waals surface area contributed by atoms with Gasteiger partial charge >= 0.3 is 0 Å². The van der Waals surface area contributed by atoms with Crippen LogP contribution in [0.2, 0.25) is 0 Å². The van der Waals surface area contributed by atoms with Crippen molar-refractivity contribution in [2.75, 3.05) is 13.2 Å². The maximum absolute atomic E-state index is 7.23. The maximum atomic E-state index is 7.23. The van der Waals surface area contributed by atoms with Gasteiger partial charge in [-0.25, -0.2) is 0 Å². The normalized spacial score (nSPS) is 20.5. The van der Waals surface area contributed by atoms with Crippen molar-refractivity contribution < 1.29 is 9.57 Å². The van der Waals surface area contributed by atoms with E-state index in [4.69, 9.17) is 16.0 Å². The SMILES string of the molecule is N=C(ON)C1CCOCC1. The number of hydrogen-bond acceptors (Lipinski definition) is 4. The average molecular weight is 144 g/mol. The Bertz CT molecular complexity index is 121. The molecule has 1 aliphatic rings. The first kappa shape index (κ1) is 7.50. The van der Waals surface area contributed by atoms with E-state index >= 15 is 0 Å². The summed E-state index contributed by atoms with van der Waals surface area (Å²) in [5, 5.41) is 7.23. The summed E-state index contributed by atoms with van der Waals surface area (Å²) in [6, 6.07) is 0. The van der Waals surface area contributed by atoms with Gasteiger partial charge in [0.05, 0.1) is 0 Å². The summed E-state index contributed by atoms with van der Waals surface area (Å²) in [5.41, 5.74) is 0. The fourth-order valence-electron chi connectivity index (χ4n) is 1.06. The molecule has 0 aromatic rings. The zero-order valence-corrected chi connectivity index (χ0v) is 5.80. The average Bonchev–Trinajstić information content (AvgIpc) is 2.05. The van der Waals surface area contributed by atoms with E-state index in [9.17, 15) is 0 Å². The van der Waals surface area contributed by atoms with Crippen LogP contribution in [-0.4, -0.2) is 19.1 Å². The van der Waals surface area contributed by atoms with Gasteiger partial charge in [-0.05, 0) is 12.8 Å². The van der Waals surface area contributed by atoms with Crippen molar-refractivity contribution in [3.8, 4) is 0 Å². The number of rotatable bonds is 1. The summed E-state index contributed by atoms with van der Waals surface area (Å²) >= 11 is 0. The first-order chi connectivity index (χ1) is 4.84. The molecule has 0 radical (unpaired) electrons. The van der Waals surface area contributed by atoms with Crippen molar-refractivity contribution in [2.45, 2.75) is 12.8 Å². The Morgan fingerprint density at radius 3 is 2.60 bits per heavy atom. The second-order valence-corrected chi connectivity index (χ2v) is 2.37. The minimum atomic E-state index is 0.179. The molecule has 0 aromatic heterocycles. The molecule has 0 unspecified atom stereocenters. The first-order valence-corrected chi connectivity index (χ1v) is 3.37. The van der Waals surface area contributed by atoms with Crippen molar-refractivity contribution in [3.05, 3.63) is 0 Å². The fraction of sp³-hybridized carbons (Fsp3) is 0.833. The molecule has 3 N–H and O–H groups in total. The van der Waals surface area contributed by atoms with Gasteiger partial charge < -0.3 is 9.57 Å². The molecule has 0 aliphatic carbocycles. The van der Waals surface area contributed by atoms with E-state index in [-0.39, 0.29) is 11.8 Å². The molecule has 1 saturated heterocycles. The van der Waals surface area contributed by atoms with Crippen LogP contribution >= 0.6 is 0 Å². The van der Waals surface area contributed by atoms with Gasteiger partial charge in [0, 0.05) is 19.1 Å². The number of nitrogens with two attached hydrogens (primary N) is 1. The summed E-state index contributed by atoms with van der Waals surface area (Å²) in [5.74, 6) is 5.20. The highest BCUT2D eigenvalue weighted by Gasteiger charge is 2.19. The lowest BCUT2D eigenvalue weighted by atomic mass is 10.0. The van der Waals surface area contributed by atoms with Crippen LogP contribution in [0.1, 0.15) is 12.8 Å². The smallest absolute Gasteiger partial charge is 0.209 e. The van der Waals surface area contributed by atoms with Gasteiger partial charge in [-0.2, -0.15) is 5.90 Å². The van der Waals surface area contributed by atoms with Crippen LogP contribution in [0.3, 0.4) is 0 Å². The minimum Gasteiger partial charge on any atom is -0.396 e. The Morgan fingerprint density at radius 2 is 2.10 bits per heavy atom. The fourth-order valence-corrected chi connectivity index (χ4v) is 1.06. The van der Waals surface area contributed by atoms with Gasteiger partial charge in [-0.3, -0.25) is 5.41 Å². The quantitative estimate of drug-likeness (QED) is 0.315. The van der Waals surface area contributed by atoms with E-state index in [0.29, 0.717) is 0 Å². The topological polar surface area (TPSA) is 68.3 Å². The van der Waals surface area contributed by atoms with E-state index in [1.807, 2.05) is 0 Å². The molecular formula is C6H12N2O2. The van der Waals surface area contributed by atoms with Gasteiger partial charge in [0.2, 0.25) is 5.90 Å². The summed E-state index contributed by atoms with van der Waals surface area (Å²) in [6.07, 6.45) is 1.71. The van der Waals surface area contributed by atoms with Crippen LogP contribution in [0.25, 0.3) is 0 Å². The van der Waals surface area contributed by atoms with Crippen molar-refractivity contribution in [2.24, 2.45) is 11.8 Å². The molecule has 4 nitrogen and oxygen atoms in total. The molecular weight excluding hydrogens is 132 g/mol. The van der Waals surface area contributed by atoms with Crippen molar-refractivity contribution in [3.63, 3.8) is 0 Å². The predicted octanol–water partition coefficient (Wildman–Crippen LogP) is 0.281. The number of hydrogen-bond donors (Lipinski definition) is 2. The molecule has 0 saturated carbocycles. The molecule has 1 rings (SSSR count). The predicted molar refractivity (Wildman–Crippen MR) is 36.5 cm³/mol. The third-order valence-corrected chi connectivity index (χ3v) is 1.72.